The highest BCUT2D eigenvalue weighted by atomic mass is 16.4. The highest BCUT2D eigenvalue weighted by molar-refractivity contribution is 5.91. The van der Waals surface area contributed by atoms with Crippen molar-refractivity contribution in [1.29, 1.82) is 0 Å². The summed E-state index contributed by atoms with van der Waals surface area (Å²) in [4.78, 5) is 20.1. The van der Waals surface area contributed by atoms with Crippen LogP contribution in [0, 0.1) is 6.92 Å². The van der Waals surface area contributed by atoms with Crippen LogP contribution in [-0.2, 0) is 0 Å². The number of aromatic hydroxyl groups is 1. The molecule has 4 rings (SSSR count). The summed E-state index contributed by atoms with van der Waals surface area (Å²) in [6, 6.07) is 21.1. The van der Waals surface area contributed by atoms with Crippen LogP contribution < -0.4 is 5.32 Å². The van der Waals surface area contributed by atoms with E-state index >= 15 is 0 Å². The number of nitrogens with zero attached hydrogens (tertiary/aromatic N) is 4. The summed E-state index contributed by atoms with van der Waals surface area (Å²) >= 11 is 0. The molecule has 8 heteroatoms. The Hall–Kier alpha value is -4.59. The van der Waals surface area contributed by atoms with Gasteiger partial charge in [0.15, 0.2) is 0 Å². The first-order valence-electron chi connectivity index (χ1n) is 9.74. The lowest BCUT2D eigenvalue weighted by Gasteiger charge is -2.08. The molecule has 0 spiro atoms. The molecule has 3 N–H and O–H groups in total. The van der Waals surface area contributed by atoms with Crippen molar-refractivity contribution in [3.05, 3.63) is 90.1 Å². The van der Waals surface area contributed by atoms with E-state index in [1.807, 2.05) is 49.4 Å². The number of carboxylic acids is 1. The zero-order valence-electron chi connectivity index (χ0n) is 17.1. The Labute approximate surface area is 184 Å². The minimum absolute atomic E-state index is 0.239. The van der Waals surface area contributed by atoms with Crippen molar-refractivity contribution < 1.29 is 15.0 Å². The Morgan fingerprint density at radius 1 is 0.969 bits per heavy atom. The van der Waals surface area contributed by atoms with Gasteiger partial charge in [-0.3, -0.25) is 0 Å². The maximum atomic E-state index is 11.2. The lowest BCUT2D eigenvalue weighted by Crippen LogP contribution is -1.98. The number of nitrogens with one attached hydrogen (secondary N) is 1. The van der Waals surface area contributed by atoms with Crippen molar-refractivity contribution in [3.63, 3.8) is 0 Å². The number of phenols is 1. The molecule has 0 fully saturated rings. The van der Waals surface area contributed by atoms with E-state index in [9.17, 15) is 9.90 Å². The Morgan fingerprint density at radius 3 is 2.53 bits per heavy atom. The van der Waals surface area contributed by atoms with Crippen LogP contribution >= 0.6 is 0 Å². The molecule has 32 heavy (non-hydrogen) atoms. The van der Waals surface area contributed by atoms with Gasteiger partial charge in [-0.1, -0.05) is 35.9 Å². The molecule has 0 atom stereocenters. The molecular weight excluding hydrogens is 406 g/mol. The first kappa shape index (κ1) is 20.7. The number of anilines is 2. The third-order valence-electron chi connectivity index (χ3n) is 4.63. The van der Waals surface area contributed by atoms with Gasteiger partial charge in [0.25, 0.3) is 0 Å². The smallest absolute Gasteiger partial charge is 0.339 e. The minimum Gasteiger partial charge on any atom is -0.507 e. The number of carbonyl (C=O) groups is 1. The van der Waals surface area contributed by atoms with Gasteiger partial charge in [0.2, 0.25) is 5.95 Å². The molecule has 0 saturated heterocycles. The van der Waals surface area contributed by atoms with Crippen LogP contribution in [0.4, 0.5) is 23.0 Å². The molecule has 0 aliphatic heterocycles. The molecule has 1 heterocycles. The van der Waals surface area contributed by atoms with Gasteiger partial charge < -0.3 is 15.5 Å². The third-order valence-corrected chi connectivity index (χ3v) is 4.63. The molecule has 0 aliphatic carbocycles. The second-order valence-corrected chi connectivity index (χ2v) is 6.98. The maximum absolute atomic E-state index is 11.2. The number of carboxylic acid groups (broad SMARTS) is 1. The van der Waals surface area contributed by atoms with E-state index < -0.39 is 5.97 Å². The van der Waals surface area contributed by atoms with Gasteiger partial charge in [-0.05, 0) is 49.4 Å². The number of azo groups is 1. The van der Waals surface area contributed by atoms with Crippen LogP contribution in [0.5, 0.6) is 5.75 Å². The summed E-state index contributed by atoms with van der Waals surface area (Å²) in [6.45, 7) is 2.02. The SMILES string of the molecule is Cc1ccc(Nc2nccc(-c3ccccc3N=Nc3ccc(O)c(C(=O)O)c3)n2)cc1. The summed E-state index contributed by atoms with van der Waals surface area (Å²) < 4.78 is 0. The summed E-state index contributed by atoms with van der Waals surface area (Å²) in [5.74, 6) is -1.12. The molecule has 0 amide bonds. The highest BCUT2D eigenvalue weighted by Crippen LogP contribution is 2.31. The van der Waals surface area contributed by atoms with E-state index in [4.69, 9.17) is 5.11 Å². The number of aromatic nitrogens is 2. The lowest BCUT2D eigenvalue weighted by atomic mass is 10.1. The molecule has 8 nitrogen and oxygen atoms in total. The van der Waals surface area contributed by atoms with Crippen molar-refractivity contribution in [3.8, 4) is 17.0 Å². The minimum atomic E-state index is -1.24. The molecule has 4 aromatic rings. The normalized spacial score (nSPS) is 10.9. The van der Waals surface area contributed by atoms with E-state index in [0.717, 1.165) is 16.8 Å². The summed E-state index contributed by atoms with van der Waals surface area (Å²) in [5, 5.41) is 30.4. The molecule has 3 aromatic carbocycles. The standard InChI is InChI=1S/C24H19N5O3/c1-15-6-8-16(9-7-15)26-24-25-13-12-20(27-24)18-4-2-3-5-21(18)29-28-17-10-11-22(30)19(14-17)23(31)32/h2-14,30H,1H3,(H,31,32)(H,25,26,27). The largest absolute Gasteiger partial charge is 0.507 e. The molecular formula is C24H19N5O3. The summed E-state index contributed by atoms with van der Waals surface area (Å²) in [7, 11) is 0. The number of hydrogen-bond donors (Lipinski definition) is 3. The fourth-order valence-corrected chi connectivity index (χ4v) is 2.98. The van der Waals surface area contributed by atoms with Crippen LogP contribution in [0.2, 0.25) is 0 Å². The third kappa shape index (κ3) is 4.76. The second-order valence-electron chi connectivity index (χ2n) is 6.98. The average molecular weight is 425 g/mol. The van der Waals surface area contributed by atoms with Gasteiger partial charge in [-0.25, -0.2) is 14.8 Å². The number of aryl methyl sites for hydroxylation is 1. The fraction of sp³-hybridized carbons (Fsp3) is 0.0417. The van der Waals surface area contributed by atoms with Crippen LogP contribution in [0.3, 0.4) is 0 Å². The lowest BCUT2D eigenvalue weighted by molar-refractivity contribution is 0.0693. The van der Waals surface area contributed by atoms with Crippen molar-refractivity contribution in [2.45, 2.75) is 6.92 Å². The zero-order chi connectivity index (χ0) is 22.5. The maximum Gasteiger partial charge on any atom is 0.339 e. The van der Waals surface area contributed by atoms with Gasteiger partial charge in [-0.15, -0.1) is 5.11 Å². The predicted molar refractivity (Wildman–Crippen MR) is 121 cm³/mol. The van der Waals surface area contributed by atoms with E-state index in [0.29, 0.717) is 23.0 Å². The van der Waals surface area contributed by atoms with Crippen LogP contribution in [-0.4, -0.2) is 26.2 Å². The van der Waals surface area contributed by atoms with Crippen molar-refractivity contribution >= 4 is 29.0 Å². The van der Waals surface area contributed by atoms with E-state index in [-0.39, 0.29) is 11.3 Å². The summed E-state index contributed by atoms with van der Waals surface area (Å²) in [6.07, 6.45) is 1.66. The number of aromatic carboxylic acids is 1. The molecule has 0 bridgehead atoms. The van der Waals surface area contributed by atoms with Crippen LogP contribution in [0.25, 0.3) is 11.3 Å². The Bertz CT molecular complexity index is 1300. The van der Waals surface area contributed by atoms with Gasteiger partial charge >= 0.3 is 5.97 Å². The van der Waals surface area contributed by atoms with Gasteiger partial charge in [0.1, 0.15) is 11.3 Å². The number of hydrogen-bond acceptors (Lipinski definition) is 7. The van der Waals surface area contributed by atoms with Crippen LogP contribution in [0.1, 0.15) is 15.9 Å². The first-order valence-corrected chi connectivity index (χ1v) is 9.74. The molecule has 1 aromatic heterocycles. The molecule has 0 radical (unpaired) electrons. The van der Waals surface area contributed by atoms with Gasteiger partial charge in [0.05, 0.1) is 17.1 Å². The Morgan fingerprint density at radius 2 is 1.75 bits per heavy atom. The van der Waals surface area contributed by atoms with Crippen molar-refractivity contribution in [2.75, 3.05) is 5.32 Å². The fourth-order valence-electron chi connectivity index (χ4n) is 2.98. The highest BCUT2D eigenvalue weighted by Gasteiger charge is 2.11. The Kier molecular flexibility index (Phi) is 5.85. The monoisotopic (exact) mass is 425 g/mol. The van der Waals surface area contributed by atoms with E-state index in [1.165, 1.54) is 18.2 Å². The van der Waals surface area contributed by atoms with Crippen LogP contribution in [0.15, 0.2) is 89.2 Å². The zero-order valence-corrected chi connectivity index (χ0v) is 17.1. The molecule has 0 unspecified atom stereocenters. The molecule has 0 saturated carbocycles. The Balaban J connectivity index is 1.63. The van der Waals surface area contributed by atoms with Crippen molar-refractivity contribution in [2.24, 2.45) is 10.2 Å². The second kappa shape index (κ2) is 9.05. The average Bonchev–Trinajstić information content (AvgIpc) is 2.80. The van der Waals surface area contributed by atoms with Gasteiger partial charge in [0, 0.05) is 17.4 Å². The first-order chi connectivity index (χ1) is 15.5. The topological polar surface area (TPSA) is 120 Å². The van der Waals surface area contributed by atoms with E-state index in [2.05, 4.69) is 25.5 Å². The summed E-state index contributed by atoms with van der Waals surface area (Å²) in [5.41, 5.74) is 4.05. The number of benzene rings is 3. The molecule has 0 aliphatic rings. The quantitative estimate of drug-likeness (QED) is 0.325. The predicted octanol–water partition coefficient (Wildman–Crippen LogP) is 6.01. The number of rotatable bonds is 6. The van der Waals surface area contributed by atoms with Crippen molar-refractivity contribution in [1.82, 2.24) is 9.97 Å². The molecule has 158 valence electrons. The van der Waals surface area contributed by atoms with Gasteiger partial charge in [-0.2, -0.15) is 5.11 Å². The van der Waals surface area contributed by atoms with E-state index in [1.54, 1.807) is 18.3 Å².